The van der Waals surface area contributed by atoms with E-state index in [1.807, 2.05) is 6.07 Å². The number of nitriles is 1. The Balaban J connectivity index is 3.59. The van der Waals surface area contributed by atoms with Crippen molar-refractivity contribution in [3.63, 3.8) is 0 Å². The highest BCUT2D eigenvalue weighted by Gasteiger charge is 1.58. The maximum absolute atomic E-state index is 7.99. The number of allylic oxidation sites excluding steroid dienone is 4. The van der Waals surface area contributed by atoms with Gasteiger partial charge in [0.25, 0.3) is 0 Å². The Labute approximate surface area is 59.2 Å². The lowest BCUT2D eigenvalue weighted by Crippen LogP contribution is -1.47. The van der Waals surface area contributed by atoms with E-state index in [0.29, 0.717) is 0 Å². The molecule has 0 aromatic heterocycles. The third-order valence-corrected chi connectivity index (χ3v) is 0.625. The highest BCUT2D eigenvalue weighted by Crippen LogP contribution is 1.74. The van der Waals surface area contributed by atoms with E-state index in [2.05, 4.69) is 11.3 Å². The van der Waals surface area contributed by atoms with Gasteiger partial charge in [-0.3, -0.25) is 0 Å². The summed E-state index contributed by atoms with van der Waals surface area (Å²) in [5, 5.41) is 10.2. The summed E-state index contributed by atoms with van der Waals surface area (Å²) >= 11 is 5.01. The number of hydrogen-bond acceptors (Lipinski definition) is 1. The number of halogens is 1. The van der Waals surface area contributed by atoms with Crippen LogP contribution in [0, 0.1) is 22.6 Å². The molecule has 0 atom stereocenters. The largest absolute Gasteiger partial charge is 0.193 e. The van der Waals surface area contributed by atoms with E-state index < -0.39 is 0 Å². The van der Waals surface area contributed by atoms with Crippen molar-refractivity contribution in [3.8, 4) is 17.4 Å². The minimum Gasteiger partial charge on any atom is -0.193 e. The zero-order valence-electron chi connectivity index (χ0n) is 4.63. The molecule has 1 nitrogen and oxygen atoms in total. The van der Waals surface area contributed by atoms with Crippen molar-refractivity contribution < 1.29 is 0 Å². The predicted molar refractivity (Wildman–Crippen MR) is 37.5 cm³/mol. The number of hydrogen-bond donors (Lipinski definition) is 0. The summed E-state index contributed by atoms with van der Waals surface area (Å²) in [4.78, 5) is 0. The van der Waals surface area contributed by atoms with Gasteiger partial charge >= 0.3 is 0 Å². The van der Waals surface area contributed by atoms with Crippen LogP contribution in [0.3, 0.4) is 0 Å². The van der Waals surface area contributed by atoms with Gasteiger partial charge in [0.05, 0.1) is 6.07 Å². The molecule has 0 unspecified atom stereocenters. The first-order valence-corrected chi connectivity index (χ1v) is 2.62. The van der Waals surface area contributed by atoms with Crippen LogP contribution in [0.15, 0.2) is 24.3 Å². The summed E-state index contributed by atoms with van der Waals surface area (Å²) in [5.74, 6) is 2.48. The van der Waals surface area contributed by atoms with Crippen LogP contribution >= 0.6 is 11.6 Å². The Bertz CT molecular complexity index is 209. The van der Waals surface area contributed by atoms with Crippen LogP contribution < -0.4 is 0 Å². The maximum Gasteiger partial charge on any atom is 0.0912 e. The molecule has 0 rings (SSSR count). The lowest BCUT2D eigenvalue weighted by atomic mass is 10.4. The van der Waals surface area contributed by atoms with Crippen molar-refractivity contribution in [2.45, 2.75) is 0 Å². The molecule has 0 N–H and O–H groups in total. The molecule has 2 heteroatoms. The Kier molecular flexibility index (Phi) is 5.93. The maximum atomic E-state index is 7.99. The number of nitrogens with zero attached hydrogens (tertiary/aromatic N) is 1. The topological polar surface area (TPSA) is 23.8 Å². The van der Waals surface area contributed by atoms with Gasteiger partial charge in [0.15, 0.2) is 0 Å². The fourth-order valence-electron chi connectivity index (χ4n) is 0.234. The molecule has 0 aromatic carbocycles. The SMILES string of the molecule is N#C/C=C/C=C/C#CCl. The third kappa shape index (κ3) is 6.82. The van der Waals surface area contributed by atoms with E-state index >= 15 is 0 Å². The third-order valence-electron chi connectivity index (χ3n) is 0.516. The fraction of sp³-hybridized carbons (Fsp3) is 0. The monoisotopic (exact) mass is 137 g/mol. The minimum atomic E-state index is 1.35. The smallest absolute Gasteiger partial charge is 0.0912 e. The lowest BCUT2D eigenvalue weighted by molar-refractivity contribution is 1.53. The molecular formula is C7H4ClN. The van der Waals surface area contributed by atoms with Crippen molar-refractivity contribution in [2.24, 2.45) is 0 Å². The summed E-state index contributed by atoms with van der Waals surface area (Å²) in [7, 11) is 0. The molecule has 0 aliphatic rings. The zero-order valence-corrected chi connectivity index (χ0v) is 5.39. The van der Waals surface area contributed by atoms with Crippen LogP contribution in [0.1, 0.15) is 0 Å². The minimum absolute atomic E-state index is 1.35. The van der Waals surface area contributed by atoms with Gasteiger partial charge in [-0.1, -0.05) is 18.1 Å². The molecular weight excluding hydrogens is 134 g/mol. The van der Waals surface area contributed by atoms with Gasteiger partial charge in [-0.05, 0) is 17.7 Å². The normalized spacial score (nSPS) is 8.89. The fourth-order valence-corrected chi connectivity index (χ4v) is 0.297. The van der Waals surface area contributed by atoms with Gasteiger partial charge in [0.1, 0.15) is 0 Å². The summed E-state index contributed by atoms with van der Waals surface area (Å²) in [6.07, 6.45) is 6.13. The Morgan fingerprint density at radius 2 is 1.89 bits per heavy atom. The first-order chi connectivity index (χ1) is 4.41. The van der Waals surface area contributed by atoms with E-state index in [-0.39, 0.29) is 0 Å². The zero-order chi connectivity index (χ0) is 6.95. The highest BCUT2D eigenvalue weighted by atomic mass is 35.5. The van der Waals surface area contributed by atoms with Gasteiger partial charge in [-0.25, -0.2) is 0 Å². The molecule has 0 bridgehead atoms. The molecule has 0 radical (unpaired) electrons. The molecule has 0 heterocycles. The van der Waals surface area contributed by atoms with Crippen LogP contribution in [0.2, 0.25) is 0 Å². The standard InChI is InChI=1S/C7H4ClN/c8-6-4-2-1-3-5-7-9/h1-3,5H/b2-1+,5-3+. The van der Waals surface area contributed by atoms with E-state index in [4.69, 9.17) is 16.9 Å². The van der Waals surface area contributed by atoms with E-state index in [9.17, 15) is 0 Å². The molecule has 44 valence electrons. The van der Waals surface area contributed by atoms with Crippen molar-refractivity contribution in [3.05, 3.63) is 24.3 Å². The van der Waals surface area contributed by atoms with Gasteiger partial charge in [-0.15, -0.1) is 0 Å². The van der Waals surface area contributed by atoms with Crippen LogP contribution in [-0.2, 0) is 0 Å². The van der Waals surface area contributed by atoms with E-state index in [1.54, 1.807) is 18.2 Å². The first kappa shape index (κ1) is 7.82. The second-order valence-corrected chi connectivity index (χ2v) is 1.28. The molecule has 0 spiro atoms. The Morgan fingerprint density at radius 1 is 1.22 bits per heavy atom. The quantitative estimate of drug-likeness (QED) is 0.307. The molecule has 0 saturated carbocycles. The predicted octanol–water partition coefficient (Wildman–Crippen LogP) is 1.82. The molecule has 0 aromatic rings. The molecule has 0 saturated heterocycles. The van der Waals surface area contributed by atoms with Gasteiger partial charge < -0.3 is 0 Å². The molecule has 9 heavy (non-hydrogen) atoms. The van der Waals surface area contributed by atoms with Crippen LogP contribution in [0.25, 0.3) is 0 Å². The Hall–Kier alpha value is -1.18. The van der Waals surface area contributed by atoms with Crippen molar-refractivity contribution in [2.75, 3.05) is 0 Å². The van der Waals surface area contributed by atoms with Crippen molar-refractivity contribution in [1.29, 1.82) is 5.26 Å². The summed E-state index contributed by atoms with van der Waals surface area (Å²) < 4.78 is 0. The lowest BCUT2D eigenvalue weighted by Gasteiger charge is -1.62. The van der Waals surface area contributed by atoms with Gasteiger partial charge in [0.2, 0.25) is 0 Å². The summed E-state index contributed by atoms with van der Waals surface area (Å²) in [6.45, 7) is 0. The van der Waals surface area contributed by atoms with E-state index in [0.717, 1.165) is 0 Å². The molecule has 0 aliphatic carbocycles. The molecule has 0 fully saturated rings. The van der Waals surface area contributed by atoms with Crippen LogP contribution in [0.5, 0.6) is 0 Å². The van der Waals surface area contributed by atoms with Gasteiger partial charge in [0, 0.05) is 11.5 Å². The Morgan fingerprint density at radius 3 is 2.44 bits per heavy atom. The van der Waals surface area contributed by atoms with Crippen molar-refractivity contribution in [1.82, 2.24) is 0 Å². The highest BCUT2D eigenvalue weighted by molar-refractivity contribution is 6.30. The average molecular weight is 138 g/mol. The number of rotatable bonds is 1. The summed E-state index contributed by atoms with van der Waals surface area (Å²) in [5.41, 5.74) is 0. The molecule has 0 aliphatic heterocycles. The van der Waals surface area contributed by atoms with Gasteiger partial charge in [-0.2, -0.15) is 5.26 Å². The van der Waals surface area contributed by atoms with E-state index in [1.165, 1.54) is 6.08 Å². The summed E-state index contributed by atoms with van der Waals surface area (Å²) in [6, 6.07) is 1.83. The van der Waals surface area contributed by atoms with Crippen molar-refractivity contribution >= 4 is 11.6 Å². The first-order valence-electron chi connectivity index (χ1n) is 2.24. The average Bonchev–Trinajstić information content (AvgIpc) is 1.89. The second-order valence-electron chi connectivity index (χ2n) is 1.09. The second kappa shape index (κ2) is 6.82. The van der Waals surface area contributed by atoms with Crippen LogP contribution in [0.4, 0.5) is 0 Å². The molecule has 0 amide bonds. The van der Waals surface area contributed by atoms with Crippen LogP contribution in [-0.4, -0.2) is 0 Å².